The van der Waals surface area contributed by atoms with Gasteiger partial charge in [-0.3, -0.25) is 4.98 Å². The summed E-state index contributed by atoms with van der Waals surface area (Å²) in [4.78, 5) is 4.54. The molecule has 0 N–H and O–H groups in total. The third-order valence-electron chi connectivity index (χ3n) is 3.62. The molecule has 109 valence electrons. The monoisotopic (exact) mass is 462 g/mol. The Morgan fingerprint density at radius 1 is 0.864 bits per heavy atom. The summed E-state index contributed by atoms with van der Waals surface area (Å²) in [5.74, 6) is 0.915. The Kier molecular flexibility index (Phi) is 4.19. The molecule has 1 heterocycles. The standard InChI is InChI=1S/C19H13N2.Ir/c1-2-9-16(10-3-1)21-14-13-20-19(21)18-12-6-8-15-7-4-5-11-17(15)18;/h1-11,13-14H;/q-1;. The molecule has 1 radical (unpaired) electrons. The van der Waals surface area contributed by atoms with E-state index in [1.807, 2.05) is 36.7 Å². The number of para-hydroxylation sites is 1. The molecule has 0 aliphatic heterocycles. The van der Waals surface area contributed by atoms with Crippen LogP contribution in [-0.2, 0) is 20.1 Å². The third kappa shape index (κ3) is 2.50. The number of benzene rings is 3. The summed E-state index contributed by atoms with van der Waals surface area (Å²) in [6.45, 7) is 0. The number of fused-ring (bicyclic) bond motifs is 1. The molecule has 4 aromatic rings. The number of rotatable bonds is 2. The smallest absolute Gasteiger partial charge is 0.0608 e. The van der Waals surface area contributed by atoms with Crippen LogP contribution >= 0.6 is 0 Å². The van der Waals surface area contributed by atoms with E-state index in [0.29, 0.717) is 0 Å². The molecule has 3 aromatic carbocycles. The summed E-state index contributed by atoms with van der Waals surface area (Å²) in [7, 11) is 0. The fourth-order valence-electron chi connectivity index (χ4n) is 2.63. The maximum absolute atomic E-state index is 4.54. The summed E-state index contributed by atoms with van der Waals surface area (Å²) < 4.78 is 2.10. The number of hydrogen-bond acceptors (Lipinski definition) is 1. The molecule has 3 heteroatoms. The molecule has 0 atom stereocenters. The molecule has 4 rings (SSSR count). The van der Waals surface area contributed by atoms with Crippen molar-refractivity contribution in [2.75, 3.05) is 0 Å². The first-order chi connectivity index (χ1) is 10.4. The van der Waals surface area contributed by atoms with Crippen LogP contribution in [0.3, 0.4) is 0 Å². The molecule has 2 nitrogen and oxygen atoms in total. The quantitative estimate of drug-likeness (QED) is 0.402. The first-order valence-electron chi connectivity index (χ1n) is 6.92. The van der Waals surface area contributed by atoms with E-state index in [2.05, 4.69) is 58.1 Å². The third-order valence-corrected chi connectivity index (χ3v) is 3.62. The molecule has 0 bridgehead atoms. The maximum Gasteiger partial charge on any atom is 0.0608 e. The minimum Gasteiger partial charge on any atom is -0.340 e. The van der Waals surface area contributed by atoms with E-state index in [4.69, 9.17) is 0 Å². The Morgan fingerprint density at radius 3 is 2.50 bits per heavy atom. The van der Waals surface area contributed by atoms with Crippen molar-refractivity contribution in [3.63, 3.8) is 0 Å². The molecule has 0 amide bonds. The normalized spacial score (nSPS) is 10.4. The summed E-state index contributed by atoms with van der Waals surface area (Å²) in [6, 6.07) is 26.0. The molecule has 0 unspecified atom stereocenters. The van der Waals surface area contributed by atoms with E-state index < -0.39 is 0 Å². The van der Waals surface area contributed by atoms with E-state index >= 15 is 0 Å². The predicted octanol–water partition coefficient (Wildman–Crippen LogP) is 4.49. The first kappa shape index (κ1) is 14.7. The number of nitrogens with zero attached hydrogens (tertiary/aromatic N) is 2. The molecular formula is C19H13IrN2-. The van der Waals surface area contributed by atoms with Crippen molar-refractivity contribution in [1.29, 1.82) is 0 Å². The van der Waals surface area contributed by atoms with Crippen LogP contribution in [0.25, 0.3) is 27.8 Å². The van der Waals surface area contributed by atoms with E-state index in [1.165, 1.54) is 10.8 Å². The van der Waals surface area contributed by atoms with Crippen molar-refractivity contribution in [2.45, 2.75) is 0 Å². The molecule has 0 aliphatic carbocycles. The van der Waals surface area contributed by atoms with Crippen LogP contribution in [0, 0.1) is 6.07 Å². The summed E-state index contributed by atoms with van der Waals surface area (Å²) in [6.07, 6.45) is 3.82. The zero-order valence-electron chi connectivity index (χ0n) is 11.7. The minimum atomic E-state index is 0. The summed E-state index contributed by atoms with van der Waals surface area (Å²) >= 11 is 0. The van der Waals surface area contributed by atoms with Gasteiger partial charge >= 0.3 is 0 Å². The van der Waals surface area contributed by atoms with Crippen LogP contribution in [-0.4, -0.2) is 9.55 Å². The van der Waals surface area contributed by atoms with Gasteiger partial charge in [-0.05, 0) is 12.1 Å². The van der Waals surface area contributed by atoms with Gasteiger partial charge in [0.2, 0.25) is 0 Å². The van der Waals surface area contributed by atoms with E-state index in [0.717, 1.165) is 17.1 Å². The molecule has 1 aromatic heterocycles. The van der Waals surface area contributed by atoms with Gasteiger partial charge in [-0.25, -0.2) is 0 Å². The molecule has 22 heavy (non-hydrogen) atoms. The van der Waals surface area contributed by atoms with Crippen molar-refractivity contribution in [2.24, 2.45) is 0 Å². The van der Waals surface area contributed by atoms with E-state index in [-0.39, 0.29) is 20.1 Å². The van der Waals surface area contributed by atoms with Gasteiger partial charge in [-0.2, -0.15) is 0 Å². The maximum atomic E-state index is 4.54. The fraction of sp³-hybridized carbons (Fsp3) is 0. The molecule has 0 fully saturated rings. The van der Waals surface area contributed by atoms with Gasteiger partial charge in [0.15, 0.2) is 0 Å². The number of hydrogen-bond donors (Lipinski definition) is 0. The fourth-order valence-corrected chi connectivity index (χ4v) is 2.63. The Morgan fingerprint density at radius 2 is 1.64 bits per heavy atom. The Hall–Kier alpha value is -2.22. The molecule has 0 spiro atoms. The van der Waals surface area contributed by atoms with Crippen LogP contribution in [0.2, 0.25) is 0 Å². The second-order valence-corrected chi connectivity index (χ2v) is 4.90. The molecule has 0 aliphatic rings. The molecular weight excluding hydrogens is 448 g/mol. The van der Waals surface area contributed by atoms with Crippen LogP contribution in [0.15, 0.2) is 79.1 Å². The zero-order valence-corrected chi connectivity index (χ0v) is 14.1. The zero-order chi connectivity index (χ0) is 14.1. The van der Waals surface area contributed by atoms with E-state index in [1.54, 1.807) is 0 Å². The first-order valence-corrected chi connectivity index (χ1v) is 6.92. The number of imidazole rings is 1. The van der Waals surface area contributed by atoms with Crippen LogP contribution in [0.1, 0.15) is 0 Å². The van der Waals surface area contributed by atoms with Crippen LogP contribution in [0.5, 0.6) is 0 Å². The second kappa shape index (κ2) is 6.27. The Balaban J connectivity index is 0.00000144. The predicted molar refractivity (Wildman–Crippen MR) is 85.3 cm³/mol. The molecule has 0 saturated heterocycles. The van der Waals surface area contributed by atoms with Crippen molar-refractivity contribution in [3.8, 4) is 17.1 Å². The van der Waals surface area contributed by atoms with Crippen molar-refractivity contribution in [1.82, 2.24) is 9.55 Å². The molecule has 0 saturated carbocycles. The number of aromatic nitrogens is 2. The van der Waals surface area contributed by atoms with Crippen molar-refractivity contribution >= 4 is 10.8 Å². The second-order valence-electron chi connectivity index (χ2n) is 4.90. The van der Waals surface area contributed by atoms with Gasteiger partial charge < -0.3 is 4.57 Å². The average Bonchev–Trinajstić information content (AvgIpc) is 3.04. The summed E-state index contributed by atoms with van der Waals surface area (Å²) in [5, 5.41) is 2.37. The van der Waals surface area contributed by atoms with Gasteiger partial charge in [-0.1, -0.05) is 47.9 Å². The van der Waals surface area contributed by atoms with Crippen LogP contribution in [0.4, 0.5) is 0 Å². The summed E-state index contributed by atoms with van der Waals surface area (Å²) in [5.41, 5.74) is 2.13. The Labute approximate surface area is 142 Å². The van der Waals surface area contributed by atoms with Gasteiger partial charge in [0.05, 0.1) is 5.82 Å². The van der Waals surface area contributed by atoms with Gasteiger partial charge in [0.1, 0.15) is 0 Å². The SMILES string of the molecule is [Ir].[c-]1ccc2ccccc2c1-c1nccn1-c1ccccc1. The topological polar surface area (TPSA) is 17.8 Å². The minimum absolute atomic E-state index is 0. The largest absolute Gasteiger partial charge is 0.340 e. The Bertz CT molecular complexity index is 892. The van der Waals surface area contributed by atoms with Gasteiger partial charge in [0.25, 0.3) is 0 Å². The van der Waals surface area contributed by atoms with Crippen LogP contribution < -0.4 is 0 Å². The van der Waals surface area contributed by atoms with Gasteiger partial charge in [-0.15, -0.1) is 29.1 Å². The van der Waals surface area contributed by atoms with E-state index in [9.17, 15) is 0 Å². The van der Waals surface area contributed by atoms with Crippen molar-refractivity contribution in [3.05, 3.63) is 85.2 Å². The van der Waals surface area contributed by atoms with Crippen molar-refractivity contribution < 1.29 is 20.1 Å². The average molecular weight is 462 g/mol. The van der Waals surface area contributed by atoms with Gasteiger partial charge in [0, 0.05) is 38.2 Å².